The fourth-order valence-electron chi connectivity index (χ4n) is 7.91. The van der Waals surface area contributed by atoms with E-state index in [0.717, 1.165) is 9.80 Å². The average molecular weight is 591 g/mol. The average Bonchev–Trinajstić information content (AvgIpc) is 3.39. The van der Waals surface area contributed by atoms with Crippen molar-refractivity contribution in [2.45, 2.75) is 20.8 Å². The van der Waals surface area contributed by atoms with E-state index in [9.17, 15) is 44.8 Å². The van der Waals surface area contributed by atoms with Crippen molar-refractivity contribution in [3.8, 4) is 0 Å². The topological polar surface area (TPSA) is 194 Å². The number of imide groups is 2. The van der Waals surface area contributed by atoms with Crippen molar-refractivity contribution >= 4 is 52.3 Å². The standard InChI is InChI=1S/C29H26N4O10/c1-4-43-28(38)21-13(2)18-19-22(26(36)30(24(19)34)14-9-5-7-11-16(14)32(39)40)29(21,3)23-20(18)25(35)31(27(23)37)15-10-6-8-12-17(15)33(41)42/h5-12,18-20,22-23,39,41H,4H2,1-3H3/q-2/t18?,19-,20+,22+,23-,29?. The van der Waals surface area contributed by atoms with Gasteiger partial charge in [-0.25, -0.2) is 14.6 Å². The molecule has 14 nitrogen and oxygen atoms in total. The fraction of sp³-hybridized carbons (Fsp3) is 0.345. The Labute approximate surface area is 244 Å². The number of hydrogen-bond acceptors (Lipinski definition) is 12. The Balaban J connectivity index is 1.56. The Morgan fingerprint density at radius 2 is 1.23 bits per heavy atom. The van der Waals surface area contributed by atoms with E-state index in [1.165, 1.54) is 55.5 Å². The van der Waals surface area contributed by atoms with Crippen molar-refractivity contribution < 1.29 is 39.1 Å². The molecular formula is C29H26N4O10-2. The maximum atomic E-state index is 14.3. The molecule has 0 aromatic heterocycles. The number of nitrogens with zero attached hydrogens (tertiary/aromatic N) is 4. The molecule has 6 atom stereocenters. The summed E-state index contributed by atoms with van der Waals surface area (Å²) in [6.07, 6.45) is 0. The molecule has 2 N–H and O–H groups in total. The lowest BCUT2D eigenvalue weighted by Crippen LogP contribution is -2.61. The molecule has 4 amide bonds. The molecule has 0 radical (unpaired) electrons. The molecule has 7 rings (SSSR count). The monoisotopic (exact) mass is 590 g/mol. The molecule has 43 heavy (non-hydrogen) atoms. The van der Waals surface area contributed by atoms with Crippen LogP contribution in [0, 0.1) is 45.4 Å². The number of anilines is 4. The summed E-state index contributed by atoms with van der Waals surface area (Å²) in [7, 11) is 0. The van der Waals surface area contributed by atoms with E-state index >= 15 is 0 Å². The van der Waals surface area contributed by atoms with E-state index in [-0.39, 0.29) is 34.9 Å². The van der Waals surface area contributed by atoms with Crippen molar-refractivity contribution in [3.63, 3.8) is 0 Å². The van der Waals surface area contributed by atoms with Gasteiger partial charge >= 0.3 is 5.97 Å². The van der Waals surface area contributed by atoms with E-state index in [4.69, 9.17) is 4.74 Å². The lowest BCUT2D eigenvalue weighted by atomic mass is 9.43. The summed E-state index contributed by atoms with van der Waals surface area (Å²) >= 11 is 0. The van der Waals surface area contributed by atoms with E-state index < -0.39 is 75.1 Å². The normalized spacial score (nSPS) is 29.3. The Kier molecular flexibility index (Phi) is 6.43. The number of carbonyl (C=O) groups is 5. The lowest BCUT2D eigenvalue weighted by Gasteiger charge is -2.55. The number of para-hydroxylation sites is 4. The molecule has 14 heteroatoms. The molecule has 3 fully saturated rings. The second-order valence-electron chi connectivity index (χ2n) is 11.1. The van der Waals surface area contributed by atoms with Gasteiger partial charge in [0.05, 0.1) is 53.0 Å². The third-order valence-electron chi connectivity index (χ3n) is 9.34. The van der Waals surface area contributed by atoms with Crippen molar-refractivity contribution in [1.82, 2.24) is 0 Å². The molecule has 224 valence electrons. The molecular weight excluding hydrogens is 564 g/mol. The van der Waals surface area contributed by atoms with Gasteiger partial charge in [-0.1, -0.05) is 36.8 Å². The van der Waals surface area contributed by atoms with Crippen LogP contribution in [0.1, 0.15) is 20.8 Å². The SMILES string of the molecule is CCOC(=O)C1=C(C)C2[C@H]3C(=O)N(c4ccccc4N([O-])O)C(=O)[C@H]3C1(C)[C@H]1C(=O)N(c3ccccc3N([O-])O)C(=O)[C@@H]21. The first-order valence-corrected chi connectivity index (χ1v) is 13.5. The van der Waals surface area contributed by atoms with Crippen LogP contribution in [0.2, 0.25) is 0 Å². The quantitative estimate of drug-likeness (QED) is 0.284. The minimum absolute atomic E-state index is 0.00893. The number of amides is 4. The van der Waals surface area contributed by atoms with Crippen LogP contribution in [-0.4, -0.2) is 46.6 Å². The van der Waals surface area contributed by atoms with Crippen LogP contribution in [-0.2, 0) is 28.7 Å². The molecule has 5 aliphatic rings. The van der Waals surface area contributed by atoms with E-state index in [1.807, 2.05) is 0 Å². The molecule has 2 aromatic carbocycles. The number of carbonyl (C=O) groups excluding carboxylic acids is 5. The van der Waals surface area contributed by atoms with E-state index in [2.05, 4.69) is 0 Å². The number of hydrogen-bond donors (Lipinski definition) is 2. The van der Waals surface area contributed by atoms with Gasteiger partial charge in [-0.15, -0.1) is 0 Å². The van der Waals surface area contributed by atoms with Gasteiger partial charge < -0.3 is 25.6 Å². The smallest absolute Gasteiger partial charge is 0.334 e. The summed E-state index contributed by atoms with van der Waals surface area (Å²) in [5, 5.41) is 42.3. The highest BCUT2D eigenvalue weighted by Crippen LogP contribution is 2.69. The second-order valence-corrected chi connectivity index (χ2v) is 11.1. The van der Waals surface area contributed by atoms with Gasteiger partial charge in [-0.2, -0.15) is 0 Å². The molecule has 2 bridgehead atoms. The van der Waals surface area contributed by atoms with Gasteiger partial charge in [0.2, 0.25) is 23.6 Å². The third kappa shape index (κ3) is 3.57. The maximum Gasteiger partial charge on any atom is 0.334 e. The predicted octanol–water partition coefficient (Wildman–Crippen LogP) is 2.51. The zero-order chi connectivity index (χ0) is 31.1. The Morgan fingerprint density at radius 1 is 0.814 bits per heavy atom. The highest BCUT2D eigenvalue weighted by Gasteiger charge is 2.77. The Bertz CT molecular complexity index is 1540. The van der Waals surface area contributed by atoms with E-state index in [1.54, 1.807) is 13.8 Å². The first-order chi connectivity index (χ1) is 20.4. The molecule has 1 saturated carbocycles. The Morgan fingerprint density at radius 3 is 1.63 bits per heavy atom. The molecule has 2 aromatic rings. The van der Waals surface area contributed by atoms with Crippen LogP contribution >= 0.6 is 0 Å². The number of benzene rings is 2. The number of ether oxygens (including phenoxy) is 1. The van der Waals surface area contributed by atoms with Gasteiger partial charge in [-0.05, 0) is 38.1 Å². The number of rotatable bonds is 6. The molecule has 2 heterocycles. The maximum absolute atomic E-state index is 14.3. The minimum atomic E-state index is -1.74. The van der Waals surface area contributed by atoms with Crippen LogP contribution < -0.4 is 20.3 Å². The van der Waals surface area contributed by atoms with Gasteiger partial charge in [0.25, 0.3) is 0 Å². The van der Waals surface area contributed by atoms with Crippen LogP contribution in [0.5, 0.6) is 0 Å². The molecule has 3 aliphatic carbocycles. The van der Waals surface area contributed by atoms with Crippen LogP contribution in [0.25, 0.3) is 0 Å². The molecule has 2 aliphatic heterocycles. The Hall–Kier alpha value is -4.63. The minimum Gasteiger partial charge on any atom is -0.733 e. The number of esters is 1. The lowest BCUT2D eigenvalue weighted by molar-refractivity contribution is -0.155. The highest BCUT2D eigenvalue weighted by atomic mass is 16.8. The first kappa shape index (κ1) is 28.5. The van der Waals surface area contributed by atoms with Gasteiger partial charge in [0, 0.05) is 16.9 Å². The summed E-state index contributed by atoms with van der Waals surface area (Å²) in [6.45, 7) is 4.60. The zero-order valence-corrected chi connectivity index (χ0v) is 23.2. The van der Waals surface area contributed by atoms with E-state index in [0.29, 0.717) is 5.57 Å². The van der Waals surface area contributed by atoms with Crippen LogP contribution in [0.15, 0.2) is 59.7 Å². The van der Waals surface area contributed by atoms with Crippen LogP contribution in [0.4, 0.5) is 22.7 Å². The molecule has 2 unspecified atom stereocenters. The van der Waals surface area contributed by atoms with Crippen molar-refractivity contribution in [1.29, 1.82) is 0 Å². The summed E-state index contributed by atoms with van der Waals surface area (Å²) in [4.78, 5) is 71.8. The highest BCUT2D eigenvalue weighted by molar-refractivity contribution is 6.28. The van der Waals surface area contributed by atoms with Crippen LogP contribution in [0.3, 0.4) is 0 Å². The third-order valence-corrected chi connectivity index (χ3v) is 9.34. The van der Waals surface area contributed by atoms with Gasteiger partial charge in [0.1, 0.15) is 0 Å². The number of allylic oxidation sites excluding steroid dienone is 1. The summed E-state index contributed by atoms with van der Waals surface area (Å²) in [5.41, 5.74) is -2.56. The zero-order valence-electron chi connectivity index (χ0n) is 23.2. The summed E-state index contributed by atoms with van der Waals surface area (Å²) in [6, 6.07) is 10.8. The summed E-state index contributed by atoms with van der Waals surface area (Å²) < 4.78 is 5.34. The fourth-order valence-corrected chi connectivity index (χ4v) is 7.91. The first-order valence-electron chi connectivity index (χ1n) is 13.5. The van der Waals surface area contributed by atoms with Crippen molar-refractivity contribution in [3.05, 3.63) is 70.1 Å². The van der Waals surface area contributed by atoms with Crippen molar-refractivity contribution in [2.75, 3.05) is 26.9 Å². The molecule has 2 saturated heterocycles. The van der Waals surface area contributed by atoms with Crippen molar-refractivity contribution in [2.24, 2.45) is 35.0 Å². The van der Waals surface area contributed by atoms with Gasteiger partial charge in [0.15, 0.2) is 0 Å². The predicted molar refractivity (Wildman–Crippen MR) is 148 cm³/mol. The summed E-state index contributed by atoms with van der Waals surface area (Å²) in [5.74, 6) is -10.1. The van der Waals surface area contributed by atoms with Gasteiger partial charge in [-0.3, -0.25) is 29.6 Å². The second kappa shape index (κ2) is 9.70. The largest absolute Gasteiger partial charge is 0.733 e. The molecule has 0 spiro atoms.